The summed E-state index contributed by atoms with van der Waals surface area (Å²) >= 11 is 1.98. The Kier molecular flexibility index (Phi) is 9.31. The van der Waals surface area contributed by atoms with Crippen molar-refractivity contribution >= 4 is 41.7 Å². The number of hydrogen-bond donors (Lipinski definition) is 2. The van der Waals surface area contributed by atoms with Crippen molar-refractivity contribution < 1.29 is 4.74 Å². The van der Waals surface area contributed by atoms with E-state index in [2.05, 4.69) is 34.9 Å². The molecule has 2 N–H and O–H groups in total. The van der Waals surface area contributed by atoms with E-state index in [1.165, 1.54) is 32.1 Å². The number of aromatic nitrogens is 1. The summed E-state index contributed by atoms with van der Waals surface area (Å²) in [7, 11) is 0. The third kappa shape index (κ3) is 7.13. The Hall–Kier alpha value is -0.700. The SMILES string of the molecule is CCNC(=NCc1ccc(OCC2CC2)nc1)NC1CCC(SC)C1.I. The molecule has 2 atom stereocenters. The quantitative estimate of drug-likeness (QED) is 0.330. The molecule has 2 unspecified atom stereocenters. The molecule has 2 fully saturated rings. The summed E-state index contributed by atoms with van der Waals surface area (Å²) in [6.07, 6.45) is 10.4. The van der Waals surface area contributed by atoms with Crippen molar-refractivity contribution in [1.82, 2.24) is 15.6 Å². The normalized spacial score (nSPS) is 22.6. The average Bonchev–Trinajstić information content (AvgIpc) is 3.36. The lowest BCUT2D eigenvalue weighted by Crippen LogP contribution is -2.42. The van der Waals surface area contributed by atoms with Crippen LogP contribution in [0.25, 0.3) is 0 Å². The largest absolute Gasteiger partial charge is 0.477 e. The minimum Gasteiger partial charge on any atom is -0.477 e. The van der Waals surface area contributed by atoms with E-state index in [1.54, 1.807) is 0 Å². The highest BCUT2D eigenvalue weighted by Crippen LogP contribution is 2.29. The Labute approximate surface area is 178 Å². The van der Waals surface area contributed by atoms with Crippen molar-refractivity contribution in [1.29, 1.82) is 0 Å². The second-order valence-corrected chi connectivity index (χ2v) is 8.10. The van der Waals surface area contributed by atoms with Crippen LogP contribution in [0.1, 0.15) is 44.6 Å². The smallest absolute Gasteiger partial charge is 0.213 e. The summed E-state index contributed by atoms with van der Waals surface area (Å²) in [4.78, 5) is 9.11. The van der Waals surface area contributed by atoms with E-state index < -0.39 is 0 Å². The fourth-order valence-electron chi connectivity index (χ4n) is 3.05. The number of guanidine groups is 1. The number of pyridine rings is 1. The van der Waals surface area contributed by atoms with Crippen LogP contribution in [0.4, 0.5) is 0 Å². The Morgan fingerprint density at radius 1 is 1.31 bits per heavy atom. The van der Waals surface area contributed by atoms with Gasteiger partial charge in [0.05, 0.1) is 13.2 Å². The van der Waals surface area contributed by atoms with Gasteiger partial charge in [-0.15, -0.1) is 24.0 Å². The van der Waals surface area contributed by atoms with Gasteiger partial charge in [0.15, 0.2) is 5.96 Å². The van der Waals surface area contributed by atoms with Crippen LogP contribution in [0.3, 0.4) is 0 Å². The summed E-state index contributed by atoms with van der Waals surface area (Å²) in [5.74, 6) is 2.38. The van der Waals surface area contributed by atoms with Crippen molar-refractivity contribution in [2.45, 2.75) is 56.9 Å². The molecule has 0 bridgehead atoms. The number of nitrogens with zero attached hydrogens (tertiary/aromatic N) is 2. The number of hydrogen-bond acceptors (Lipinski definition) is 4. The molecular formula is C19H31IN4OS. The number of nitrogens with one attached hydrogen (secondary N) is 2. The lowest BCUT2D eigenvalue weighted by Gasteiger charge is -2.17. The molecule has 0 amide bonds. The summed E-state index contributed by atoms with van der Waals surface area (Å²) < 4.78 is 5.68. The van der Waals surface area contributed by atoms with Gasteiger partial charge >= 0.3 is 0 Å². The van der Waals surface area contributed by atoms with Crippen molar-refractivity contribution in [3.8, 4) is 5.88 Å². The van der Waals surface area contributed by atoms with E-state index >= 15 is 0 Å². The van der Waals surface area contributed by atoms with Crippen LogP contribution < -0.4 is 15.4 Å². The van der Waals surface area contributed by atoms with E-state index in [9.17, 15) is 0 Å². The Morgan fingerprint density at radius 3 is 2.77 bits per heavy atom. The summed E-state index contributed by atoms with van der Waals surface area (Å²) in [6, 6.07) is 4.54. The van der Waals surface area contributed by atoms with E-state index in [0.29, 0.717) is 12.6 Å². The number of rotatable bonds is 8. The van der Waals surface area contributed by atoms with Crippen LogP contribution in [0.5, 0.6) is 5.88 Å². The third-order valence-corrected chi connectivity index (χ3v) is 5.88. The van der Waals surface area contributed by atoms with E-state index in [0.717, 1.165) is 41.7 Å². The van der Waals surface area contributed by atoms with Crippen LogP contribution >= 0.6 is 35.7 Å². The predicted molar refractivity (Wildman–Crippen MR) is 121 cm³/mol. The van der Waals surface area contributed by atoms with Gasteiger partial charge in [-0.3, -0.25) is 0 Å². The summed E-state index contributed by atoms with van der Waals surface area (Å²) in [5.41, 5.74) is 1.10. The Bertz CT molecular complexity index is 565. The first-order valence-electron chi connectivity index (χ1n) is 9.42. The lowest BCUT2D eigenvalue weighted by molar-refractivity contribution is 0.288. The monoisotopic (exact) mass is 490 g/mol. The average molecular weight is 490 g/mol. The molecule has 2 saturated carbocycles. The molecule has 2 aliphatic rings. The van der Waals surface area contributed by atoms with Crippen LogP contribution in [0, 0.1) is 5.92 Å². The molecule has 0 aliphatic heterocycles. The van der Waals surface area contributed by atoms with Gasteiger partial charge in [-0.05, 0) is 56.8 Å². The minimum atomic E-state index is 0. The summed E-state index contributed by atoms with van der Waals surface area (Å²) in [6.45, 7) is 4.40. The molecule has 26 heavy (non-hydrogen) atoms. The first-order valence-corrected chi connectivity index (χ1v) is 10.7. The first-order chi connectivity index (χ1) is 12.3. The van der Waals surface area contributed by atoms with Gasteiger partial charge < -0.3 is 15.4 Å². The van der Waals surface area contributed by atoms with Crippen molar-refractivity contribution in [2.75, 3.05) is 19.4 Å². The van der Waals surface area contributed by atoms with Gasteiger partial charge in [0.1, 0.15) is 0 Å². The van der Waals surface area contributed by atoms with Gasteiger partial charge in [0.2, 0.25) is 5.88 Å². The minimum absolute atomic E-state index is 0. The molecule has 1 aromatic rings. The van der Waals surface area contributed by atoms with Gasteiger partial charge in [0.25, 0.3) is 0 Å². The van der Waals surface area contributed by atoms with Gasteiger partial charge in [-0.1, -0.05) is 6.07 Å². The first kappa shape index (κ1) is 21.6. The fraction of sp³-hybridized carbons (Fsp3) is 0.684. The Morgan fingerprint density at radius 2 is 2.15 bits per heavy atom. The van der Waals surface area contributed by atoms with Gasteiger partial charge in [-0.25, -0.2) is 9.98 Å². The van der Waals surface area contributed by atoms with Gasteiger partial charge in [-0.2, -0.15) is 11.8 Å². The lowest BCUT2D eigenvalue weighted by atomic mass is 10.2. The molecule has 1 heterocycles. The van der Waals surface area contributed by atoms with Crippen molar-refractivity contribution in [3.05, 3.63) is 23.9 Å². The molecule has 1 aromatic heterocycles. The Balaban J connectivity index is 0.00000243. The number of halogens is 1. The standard InChI is InChI=1S/C19H30N4OS.HI/c1-3-20-19(23-16-7-8-17(10-16)25-2)22-12-15-6-9-18(21-11-15)24-13-14-4-5-14;/h6,9,11,14,16-17H,3-5,7-8,10,12-13H2,1-2H3,(H2,20,22,23);1H. The highest BCUT2D eigenvalue weighted by atomic mass is 127. The van der Waals surface area contributed by atoms with E-state index in [1.807, 2.05) is 24.0 Å². The highest BCUT2D eigenvalue weighted by Gasteiger charge is 2.24. The molecule has 146 valence electrons. The van der Waals surface area contributed by atoms with Crippen LogP contribution in [-0.2, 0) is 6.54 Å². The maximum atomic E-state index is 5.68. The highest BCUT2D eigenvalue weighted by molar-refractivity contribution is 14.0. The van der Waals surface area contributed by atoms with Gasteiger partial charge in [0, 0.05) is 30.1 Å². The third-order valence-electron chi connectivity index (χ3n) is 4.78. The molecule has 2 aliphatic carbocycles. The second kappa shape index (κ2) is 11.2. The van der Waals surface area contributed by atoms with E-state index in [-0.39, 0.29) is 24.0 Å². The zero-order valence-electron chi connectivity index (χ0n) is 15.7. The number of thioether (sulfide) groups is 1. The molecule has 0 radical (unpaired) electrons. The molecule has 5 nitrogen and oxygen atoms in total. The molecular weight excluding hydrogens is 459 g/mol. The molecule has 7 heteroatoms. The van der Waals surface area contributed by atoms with E-state index in [4.69, 9.17) is 9.73 Å². The van der Waals surface area contributed by atoms with Crippen LogP contribution in [0.2, 0.25) is 0 Å². The van der Waals surface area contributed by atoms with Crippen LogP contribution in [0.15, 0.2) is 23.3 Å². The predicted octanol–water partition coefficient (Wildman–Crippen LogP) is 3.83. The number of ether oxygens (including phenoxy) is 1. The molecule has 0 saturated heterocycles. The fourth-order valence-corrected chi connectivity index (χ4v) is 3.84. The topological polar surface area (TPSA) is 58.5 Å². The molecule has 0 aromatic carbocycles. The molecule has 0 spiro atoms. The van der Waals surface area contributed by atoms with Crippen molar-refractivity contribution in [3.63, 3.8) is 0 Å². The summed E-state index contributed by atoms with van der Waals surface area (Å²) in [5, 5.41) is 7.72. The zero-order valence-corrected chi connectivity index (χ0v) is 18.9. The number of aliphatic imine (C=N–C) groups is 1. The zero-order chi connectivity index (χ0) is 17.5. The maximum absolute atomic E-state index is 5.68. The second-order valence-electron chi connectivity index (χ2n) is 6.97. The van der Waals surface area contributed by atoms with Crippen LogP contribution in [-0.4, -0.2) is 41.6 Å². The maximum Gasteiger partial charge on any atom is 0.213 e. The molecule has 3 rings (SSSR count). The van der Waals surface area contributed by atoms with Crippen molar-refractivity contribution in [2.24, 2.45) is 10.9 Å².